The molecule has 1 aromatic carbocycles. The number of rotatable bonds is 3. The molecule has 0 spiro atoms. The van der Waals surface area contributed by atoms with Crippen molar-refractivity contribution in [2.24, 2.45) is 0 Å². The summed E-state index contributed by atoms with van der Waals surface area (Å²) in [5.41, 5.74) is 3.86. The molecule has 1 saturated heterocycles. The first kappa shape index (κ1) is 18.3. The third kappa shape index (κ3) is 3.42. The Hall–Kier alpha value is -2.71. The first-order chi connectivity index (χ1) is 14.2. The number of carbonyl (C=O) groups excluding carboxylic acids is 1. The van der Waals surface area contributed by atoms with Gasteiger partial charge < -0.3 is 14.4 Å². The first-order valence-corrected chi connectivity index (χ1v) is 10.6. The molecule has 0 saturated carbocycles. The molecule has 0 aliphatic carbocycles. The number of benzene rings is 1. The van der Waals surface area contributed by atoms with Crippen LogP contribution in [0.4, 0.5) is 0 Å². The Morgan fingerprint density at radius 1 is 1.31 bits per heavy atom. The molecule has 0 unspecified atom stereocenters. The summed E-state index contributed by atoms with van der Waals surface area (Å²) in [6.45, 7) is 2.01. The third-order valence-electron chi connectivity index (χ3n) is 5.60. The lowest BCUT2D eigenvalue weighted by Crippen LogP contribution is -2.40. The number of amides is 1. The second kappa shape index (κ2) is 7.61. The number of hydrogen-bond donors (Lipinski definition) is 1. The minimum Gasteiger partial charge on any atom is -0.492 e. The summed E-state index contributed by atoms with van der Waals surface area (Å²) >= 11 is 1.49. The number of methoxy groups -OCH3 is 1. The van der Waals surface area contributed by atoms with Gasteiger partial charge in [-0.2, -0.15) is 5.10 Å². The molecule has 2 aliphatic heterocycles. The Bertz CT molecular complexity index is 1020. The van der Waals surface area contributed by atoms with Crippen LogP contribution in [0.15, 0.2) is 30.6 Å². The molecule has 4 heterocycles. The molecule has 7 nitrogen and oxygen atoms in total. The number of fused-ring (bicyclic) bond motifs is 3. The normalized spacial score (nSPS) is 16.7. The Morgan fingerprint density at radius 3 is 2.93 bits per heavy atom. The van der Waals surface area contributed by atoms with Crippen molar-refractivity contribution in [2.45, 2.75) is 25.4 Å². The molecule has 5 rings (SSSR count). The van der Waals surface area contributed by atoms with Gasteiger partial charge in [0.1, 0.15) is 5.75 Å². The Balaban J connectivity index is 1.44. The predicted molar refractivity (Wildman–Crippen MR) is 110 cm³/mol. The van der Waals surface area contributed by atoms with E-state index in [-0.39, 0.29) is 12.0 Å². The van der Waals surface area contributed by atoms with E-state index in [0.717, 1.165) is 65.4 Å². The molecule has 0 radical (unpaired) electrons. The highest BCUT2D eigenvalue weighted by atomic mass is 32.1. The quantitative estimate of drug-likeness (QED) is 0.716. The number of aromatic amines is 1. The van der Waals surface area contributed by atoms with Crippen molar-refractivity contribution in [3.8, 4) is 28.1 Å². The predicted octanol–water partition coefficient (Wildman–Crippen LogP) is 3.39. The first-order valence-electron chi connectivity index (χ1n) is 9.81. The summed E-state index contributed by atoms with van der Waals surface area (Å²) in [5, 5.41) is 7.42. The number of nitrogens with zero attached hydrogens (tertiary/aromatic N) is 3. The molecule has 2 aliphatic rings. The summed E-state index contributed by atoms with van der Waals surface area (Å²) in [4.78, 5) is 20.8. The standard InChI is InChI=1S/C21H22N4O3S/c1-27-15-4-7-25(8-5-15)21(26)20-24-19-16-3-2-13(14-11-22-23-12-14)10-17(16)28-9-6-18(19)29-20/h2-3,10-12,15H,4-9H2,1H3,(H,22,23). The number of hydrogen-bond acceptors (Lipinski definition) is 6. The fraction of sp³-hybridized carbons (Fsp3) is 0.381. The van der Waals surface area contributed by atoms with Crippen LogP contribution in [-0.2, 0) is 11.2 Å². The van der Waals surface area contributed by atoms with Gasteiger partial charge in [0, 0.05) is 48.8 Å². The monoisotopic (exact) mass is 410 g/mol. The summed E-state index contributed by atoms with van der Waals surface area (Å²) in [6, 6.07) is 6.09. The van der Waals surface area contributed by atoms with Gasteiger partial charge in [-0.1, -0.05) is 6.07 Å². The fourth-order valence-electron chi connectivity index (χ4n) is 3.93. The molecule has 1 N–H and O–H groups in total. The van der Waals surface area contributed by atoms with Crippen LogP contribution in [0, 0.1) is 0 Å². The Morgan fingerprint density at radius 2 is 2.17 bits per heavy atom. The highest BCUT2D eigenvalue weighted by molar-refractivity contribution is 7.14. The zero-order chi connectivity index (χ0) is 19.8. The van der Waals surface area contributed by atoms with Gasteiger partial charge in [-0.05, 0) is 30.5 Å². The lowest BCUT2D eigenvalue weighted by molar-refractivity contribution is 0.0350. The van der Waals surface area contributed by atoms with Crippen LogP contribution in [-0.4, -0.2) is 58.9 Å². The molecule has 1 fully saturated rings. The van der Waals surface area contributed by atoms with Crippen molar-refractivity contribution >= 4 is 17.2 Å². The second-order valence-electron chi connectivity index (χ2n) is 7.31. The number of ether oxygens (including phenoxy) is 2. The number of thiazole rings is 1. The molecule has 1 amide bonds. The van der Waals surface area contributed by atoms with E-state index < -0.39 is 0 Å². The molecule has 2 aromatic heterocycles. The zero-order valence-electron chi connectivity index (χ0n) is 16.2. The van der Waals surface area contributed by atoms with Crippen molar-refractivity contribution in [1.82, 2.24) is 20.1 Å². The maximum Gasteiger partial charge on any atom is 0.282 e. The van der Waals surface area contributed by atoms with E-state index in [1.807, 2.05) is 29.3 Å². The lowest BCUT2D eigenvalue weighted by Gasteiger charge is -2.30. The van der Waals surface area contributed by atoms with Gasteiger partial charge in [-0.15, -0.1) is 11.3 Å². The van der Waals surface area contributed by atoms with E-state index in [1.54, 1.807) is 13.3 Å². The second-order valence-corrected chi connectivity index (χ2v) is 8.40. The van der Waals surface area contributed by atoms with Crippen molar-refractivity contribution in [2.75, 3.05) is 26.8 Å². The van der Waals surface area contributed by atoms with Crippen molar-refractivity contribution < 1.29 is 14.3 Å². The van der Waals surface area contributed by atoms with E-state index in [2.05, 4.69) is 10.2 Å². The fourth-order valence-corrected chi connectivity index (χ4v) is 4.96. The molecular weight excluding hydrogens is 388 g/mol. The van der Waals surface area contributed by atoms with Gasteiger partial charge in [0.2, 0.25) is 0 Å². The number of carbonyl (C=O) groups is 1. The van der Waals surface area contributed by atoms with E-state index in [4.69, 9.17) is 14.5 Å². The average molecular weight is 410 g/mol. The van der Waals surface area contributed by atoms with Crippen LogP contribution >= 0.6 is 11.3 Å². The van der Waals surface area contributed by atoms with Gasteiger partial charge in [0.15, 0.2) is 5.01 Å². The lowest BCUT2D eigenvalue weighted by atomic mass is 10.0. The average Bonchev–Trinajstić information content (AvgIpc) is 3.41. The van der Waals surface area contributed by atoms with Gasteiger partial charge in [0.05, 0.1) is 24.6 Å². The number of likely N-dealkylation sites (tertiary alicyclic amines) is 1. The van der Waals surface area contributed by atoms with E-state index in [0.29, 0.717) is 11.6 Å². The van der Waals surface area contributed by atoms with Crippen LogP contribution in [0.1, 0.15) is 27.5 Å². The van der Waals surface area contributed by atoms with Gasteiger partial charge in [-0.25, -0.2) is 4.98 Å². The van der Waals surface area contributed by atoms with Crippen molar-refractivity contribution in [3.05, 3.63) is 40.5 Å². The topological polar surface area (TPSA) is 80.3 Å². The SMILES string of the molecule is COC1CCN(C(=O)c2nc3c(s2)CCOc2cc(-c4cn[nH]c4)ccc2-3)CC1. The third-order valence-corrected chi connectivity index (χ3v) is 6.70. The summed E-state index contributed by atoms with van der Waals surface area (Å²) in [6.07, 6.45) is 6.40. The van der Waals surface area contributed by atoms with Crippen molar-refractivity contribution in [3.63, 3.8) is 0 Å². The Labute approximate surface area is 172 Å². The summed E-state index contributed by atoms with van der Waals surface area (Å²) < 4.78 is 11.4. The summed E-state index contributed by atoms with van der Waals surface area (Å²) in [7, 11) is 1.73. The van der Waals surface area contributed by atoms with Crippen LogP contribution in [0.5, 0.6) is 5.75 Å². The molecule has 8 heteroatoms. The Kier molecular flexibility index (Phi) is 4.81. The minimum absolute atomic E-state index is 0.0233. The largest absolute Gasteiger partial charge is 0.492 e. The molecule has 0 atom stereocenters. The molecule has 0 bridgehead atoms. The number of aromatic nitrogens is 3. The smallest absolute Gasteiger partial charge is 0.282 e. The van der Waals surface area contributed by atoms with E-state index >= 15 is 0 Å². The van der Waals surface area contributed by atoms with Crippen LogP contribution < -0.4 is 4.74 Å². The van der Waals surface area contributed by atoms with Gasteiger partial charge in [-0.3, -0.25) is 9.89 Å². The van der Waals surface area contributed by atoms with Crippen LogP contribution in [0.25, 0.3) is 22.4 Å². The molecule has 29 heavy (non-hydrogen) atoms. The minimum atomic E-state index is 0.0233. The van der Waals surface area contributed by atoms with E-state index in [1.165, 1.54) is 11.3 Å². The molecule has 150 valence electrons. The van der Waals surface area contributed by atoms with Gasteiger partial charge in [0.25, 0.3) is 5.91 Å². The number of H-pyrrole nitrogens is 1. The highest BCUT2D eigenvalue weighted by Crippen LogP contribution is 2.40. The summed E-state index contributed by atoms with van der Waals surface area (Å²) in [5.74, 6) is 0.822. The highest BCUT2D eigenvalue weighted by Gasteiger charge is 2.28. The van der Waals surface area contributed by atoms with Crippen LogP contribution in [0.3, 0.4) is 0 Å². The maximum atomic E-state index is 13.0. The van der Waals surface area contributed by atoms with Crippen molar-refractivity contribution in [1.29, 1.82) is 0 Å². The maximum absolute atomic E-state index is 13.0. The van der Waals surface area contributed by atoms with Crippen LogP contribution in [0.2, 0.25) is 0 Å². The van der Waals surface area contributed by atoms with E-state index in [9.17, 15) is 4.79 Å². The molecular formula is C21H22N4O3S. The molecule has 3 aromatic rings. The number of piperidine rings is 1. The zero-order valence-corrected chi connectivity index (χ0v) is 17.0. The van der Waals surface area contributed by atoms with Gasteiger partial charge >= 0.3 is 0 Å². The number of nitrogens with one attached hydrogen (secondary N) is 1.